The zero-order valence-electron chi connectivity index (χ0n) is 9.87. The van der Waals surface area contributed by atoms with Gasteiger partial charge >= 0.3 is 6.03 Å². The smallest absolute Gasteiger partial charge is 0.312 e. The maximum Gasteiger partial charge on any atom is 0.312 e. The number of primary amides is 1. The van der Waals surface area contributed by atoms with E-state index < -0.39 is 6.03 Å². The molecule has 0 bridgehead atoms. The highest BCUT2D eigenvalue weighted by Crippen LogP contribution is 1.82. The monoisotopic (exact) mass is 234 g/mol. The molecule has 6 nitrogen and oxygen atoms in total. The zero-order valence-corrected chi connectivity index (χ0v) is 9.87. The number of nitrogens with two attached hydrogens (primary N) is 1. The average molecular weight is 234 g/mol. The molecule has 0 aromatic heterocycles. The van der Waals surface area contributed by atoms with Crippen LogP contribution in [0.1, 0.15) is 13.3 Å². The van der Waals surface area contributed by atoms with Gasteiger partial charge in [0.15, 0.2) is 0 Å². The topological polar surface area (TPSA) is 82.8 Å². The van der Waals surface area contributed by atoms with Crippen molar-refractivity contribution in [3.8, 4) is 0 Å². The maximum absolute atomic E-state index is 10.3. The Kier molecular flexibility index (Phi) is 11.6. The Balaban J connectivity index is 2.90. The van der Waals surface area contributed by atoms with Crippen LogP contribution in [0, 0.1) is 0 Å². The summed E-state index contributed by atoms with van der Waals surface area (Å²) in [5.41, 5.74) is 4.87. The lowest BCUT2D eigenvalue weighted by molar-refractivity contribution is 0.0155. The van der Waals surface area contributed by atoms with Gasteiger partial charge in [0.2, 0.25) is 0 Å². The molecule has 0 saturated carbocycles. The van der Waals surface area contributed by atoms with Crippen molar-refractivity contribution in [1.29, 1.82) is 0 Å². The Morgan fingerprint density at radius 1 is 1.00 bits per heavy atom. The van der Waals surface area contributed by atoms with Crippen molar-refractivity contribution in [2.75, 3.05) is 46.2 Å². The molecule has 2 amide bonds. The number of carbonyl (C=O) groups excluding carboxylic acids is 1. The highest BCUT2D eigenvalue weighted by Gasteiger charge is 1.92. The van der Waals surface area contributed by atoms with Gasteiger partial charge in [-0.25, -0.2) is 4.79 Å². The van der Waals surface area contributed by atoms with E-state index in [1.807, 2.05) is 0 Å². The number of hydrogen-bond donors (Lipinski definition) is 2. The van der Waals surface area contributed by atoms with E-state index in [0.29, 0.717) is 39.6 Å². The Bertz CT molecular complexity index is 167. The Morgan fingerprint density at radius 3 is 2.00 bits per heavy atom. The first kappa shape index (κ1) is 15.2. The number of carbonyl (C=O) groups is 1. The second-order valence-electron chi connectivity index (χ2n) is 3.13. The lowest BCUT2D eigenvalue weighted by Gasteiger charge is -2.06. The molecule has 0 fully saturated rings. The minimum absolute atomic E-state index is 0.426. The van der Waals surface area contributed by atoms with Crippen LogP contribution in [0.15, 0.2) is 0 Å². The largest absolute Gasteiger partial charge is 0.379 e. The van der Waals surface area contributed by atoms with Crippen LogP contribution < -0.4 is 11.1 Å². The molecular formula is C10H22N2O4. The van der Waals surface area contributed by atoms with Gasteiger partial charge in [-0.2, -0.15) is 0 Å². The number of hydrogen-bond acceptors (Lipinski definition) is 4. The third kappa shape index (κ3) is 13.2. The van der Waals surface area contributed by atoms with Crippen molar-refractivity contribution in [3.05, 3.63) is 0 Å². The summed E-state index contributed by atoms with van der Waals surface area (Å²) in [5.74, 6) is 0. The standard InChI is InChI=1S/C10H22N2O4/c1-2-4-14-6-8-16-9-7-15-5-3-12-10(11)13/h2-9H2,1H3,(H3,11,12,13). The Morgan fingerprint density at radius 2 is 1.50 bits per heavy atom. The van der Waals surface area contributed by atoms with E-state index in [4.69, 9.17) is 19.9 Å². The van der Waals surface area contributed by atoms with Gasteiger partial charge in [0.05, 0.1) is 33.0 Å². The lowest BCUT2D eigenvalue weighted by atomic mass is 10.5. The molecule has 0 aromatic rings. The molecule has 0 aliphatic heterocycles. The summed E-state index contributed by atoms with van der Waals surface area (Å²) in [7, 11) is 0. The van der Waals surface area contributed by atoms with E-state index in [1.165, 1.54) is 0 Å². The molecule has 0 atom stereocenters. The number of rotatable bonds is 11. The van der Waals surface area contributed by atoms with Crippen molar-refractivity contribution < 1.29 is 19.0 Å². The molecule has 0 saturated heterocycles. The number of amides is 2. The maximum atomic E-state index is 10.3. The molecule has 0 spiro atoms. The third-order valence-corrected chi connectivity index (χ3v) is 1.64. The second kappa shape index (κ2) is 12.2. The Hall–Kier alpha value is -0.850. The van der Waals surface area contributed by atoms with Crippen LogP contribution in [0.5, 0.6) is 0 Å². The van der Waals surface area contributed by atoms with Crippen LogP contribution in [-0.2, 0) is 14.2 Å². The van der Waals surface area contributed by atoms with E-state index in [-0.39, 0.29) is 0 Å². The molecular weight excluding hydrogens is 212 g/mol. The molecule has 0 aliphatic carbocycles. The summed E-state index contributed by atoms with van der Waals surface area (Å²) in [4.78, 5) is 10.3. The predicted molar refractivity (Wildman–Crippen MR) is 60.3 cm³/mol. The molecule has 0 unspecified atom stereocenters. The third-order valence-electron chi connectivity index (χ3n) is 1.64. The fraction of sp³-hybridized carbons (Fsp3) is 0.900. The van der Waals surface area contributed by atoms with Crippen LogP contribution in [0.2, 0.25) is 0 Å². The van der Waals surface area contributed by atoms with E-state index >= 15 is 0 Å². The van der Waals surface area contributed by atoms with Gasteiger partial charge in [-0.15, -0.1) is 0 Å². The lowest BCUT2D eigenvalue weighted by Crippen LogP contribution is -2.32. The van der Waals surface area contributed by atoms with Gasteiger partial charge in [0.25, 0.3) is 0 Å². The van der Waals surface area contributed by atoms with Gasteiger partial charge < -0.3 is 25.3 Å². The summed E-state index contributed by atoms with van der Waals surface area (Å²) in [6.07, 6.45) is 1.02. The first-order valence-corrected chi connectivity index (χ1v) is 5.54. The van der Waals surface area contributed by atoms with Crippen LogP contribution >= 0.6 is 0 Å². The van der Waals surface area contributed by atoms with Gasteiger partial charge in [0, 0.05) is 13.2 Å². The normalized spacial score (nSPS) is 10.3. The molecule has 0 aliphatic rings. The van der Waals surface area contributed by atoms with Gasteiger partial charge in [0.1, 0.15) is 0 Å². The highest BCUT2D eigenvalue weighted by molar-refractivity contribution is 5.71. The zero-order chi connectivity index (χ0) is 12.1. The first-order valence-electron chi connectivity index (χ1n) is 5.54. The minimum atomic E-state index is -0.534. The number of ether oxygens (including phenoxy) is 3. The summed E-state index contributed by atoms with van der Waals surface area (Å²) >= 11 is 0. The van der Waals surface area contributed by atoms with Crippen LogP contribution in [0.4, 0.5) is 4.79 Å². The number of nitrogens with one attached hydrogen (secondary N) is 1. The first-order chi connectivity index (χ1) is 7.77. The Labute approximate surface area is 96.4 Å². The van der Waals surface area contributed by atoms with Gasteiger partial charge in [-0.3, -0.25) is 0 Å². The quantitative estimate of drug-likeness (QED) is 0.497. The van der Waals surface area contributed by atoms with E-state index in [2.05, 4.69) is 12.2 Å². The van der Waals surface area contributed by atoms with E-state index in [9.17, 15) is 4.79 Å². The molecule has 0 radical (unpaired) electrons. The van der Waals surface area contributed by atoms with Crippen LogP contribution in [0.25, 0.3) is 0 Å². The molecule has 16 heavy (non-hydrogen) atoms. The SMILES string of the molecule is CCCOCCOCCOCCNC(N)=O. The number of urea groups is 1. The van der Waals surface area contributed by atoms with E-state index in [1.54, 1.807) is 0 Å². The molecule has 0 heterocycles. The van der Waals surface area contributed by atoms with Crippen molar-refractivity contribution >= 4 is 6.03 Å². The fourth-order valence-corrected chi connectivity index (χ4v) is 0.933. The molecule has 96 valence electrons. The average Bonchev–Trinajstić information content (AvgIpc) is 2.25. The van der Waals surface area contributed by atoms with Crippen molar-refractivity contribution in [1.82, 2.24) is 5.32 Å². The summed E-state index contributed by atoms with van der Waals surface area (Å²) in [5, 5.41) is 2.42. The highest BCUT2D eigenvalue weighted by atomic mass is 16.5. The summed E-state index contributed by atoms with van der Waals surface area (Å²) in [6, 6.07) is -0.534. The minimum Gasteiger partial charge on any atom is -0.379 e. The van der Waals surface area contributed by atoms with Gasteiger partial charge in [-0.05, 0) is 6.42 Å². The van der Waals surface area contributed by atoms with Crippen molar-refractivity contribution in [2.45, 2.75) is 13.3 Å². The molecule has 0 rings (SSSR count). The predicted octanol–water partition coefficient (Wildman–Crippen LogP) is 0.115. The summed E-state index contributed by atoms with van der Waals surface area (Å²) < 4.78 is 15.6. The molecule has 0 aromatic carbocycles. The van der Waals surface area contributed by atoms with Crippen molar-refractivity contribution in [2.24, 2.45) is 5.73 Å². The van der Waals surface area contributed by atoms with Crippen molar-refractivity contribution in [3.63, 3.8) is 0 Å². The second-order valence-corrected chi connectivity index (χ2v) is 3.13. The summed E-state index contributed by atoms with van der Waals surface area (Å²) in [6.45, 7) is 5.96. The van der Waals surface area contributed by atoms with E-state index in [0.717, 1.165) is 13.0 Å². The fourth-order valence-electron chi connectivity index (χ4n) is 0.933. The van der Waals surface area contributed by atoms with Crippen LogP contribution in [-0.4, -0.2) is 52.2 Å². The molecule has 6 heteroatoms. The molecule has 3 N–H and O–H groups in total. The van der Waals surface area contributed by atoms with Crippen LogP contribution in [0.3, 0.4) is 0 Å². The van der Waals surface area contributed by atoms with Gasteiger partial charge in [-0.1, -0.05) is 6.92 Å².